The van der Waals surface area contributed by atoms with E-state index in [0.717, 1.165) is 13.1 Å². The van der Waals surface area contributed by atoms with Crippen molar-refractivity contribution in [2.24, 2.45) is 10.9 Å². The van der Waals surface area contributed by atoms with E-state index >= 15 is 0 Å². The fourth-order valence-electron chi connectivity index (χ4n) is 3.07. The number of guanidine groups is 1. The number of sulfonamides is 1. The van der Waals surface area contributed by atoms with Crippen LogP contribution in [0.5, 0.6) is 0 Å². The number of hydrogen-bond acceptors (Lipinski definition) is 4. The molecule has 1 fully saturated rings. The van der Waals surface area contributed by atoms with Gasteiger partial charge >= 0.3 is 0 Å². The number of benzene rings is 1. The van der Waals surface area contributed by atoms with Crippen molar-refractivity contribution in [3.8, 4) is 0 Å². The summed E-state index contributed by atoms with van der Waals surface area (Å²) < 4.78 is 27.1. The number of hydrogen-bond donors (Lipinski definition) is 3. The first-order chi connectivity index (χ1) is 12.7. The number of nitrogens with zero attached hydrogens (tertiary/aromatic N) is 2. The second-order valence-corrected chi connectivity index (χ2v) is 9.33. The summed E-state index contributed by atoms with van der Waals surface area (Å²) >= 11 is 5.86. The lowest BCUT2D eigenvalue weighted by Crippen LogP contribution is -2.48. The largest absolute Gasteiger partial charge is 0.355 e. The fourth-order valence-corrected chi connectivity index (χ4v) is 4.40. The lowest BCUT2D eigenvalue weighted by atomic mass is 10.1. The Bertz CT molecular complexity index is 754. The van der Waals surface area contributed by atoms with Gasteiger partial charge in [0.05, 0.1) is 4.90 Å². The maximum atomic E-state index is 12.3. The molecule has 2 rings (SSSR count). The van der Waals surface area contributed by atoms with E-state index in [9.17, 15) is 8.42 Å². The van der Waals surface area contributed by atoms with Gasteiger partial charge in [0.25, 0.3) is 0 Å². The van der Waals surface area contributed by atoms with E-state index in [2.05, 4.69) is 46.0 Å². The molecule has 152 valence electrons. The number of rotatable bonds is 7. The van der Waals surface area contributed by atoms with Crippen LogP contribution in [0.4, 0.5) is 0 Å². The van der Waals surface area contributed by atoms with Gasteiger partial charge in [-0.15, -0.1) is 0 Å². The van der Waals surface area contributed by atoms with Gasteiger partial charge in [0.15, 0.2) is 5.96 Å². The second kappa shape index (κ2) is 9.73. The van der Waals surface area contributed by atoms with E-state index in [4.69, 9.17) is 11.6 Å². The molecule has 1 aromatic carbocycles. The molecule has 1 aliphatic rings. The van der Waals surface area contributed by atoms with Crippen LogP contribution in [0.3, 0.4) is 0 Å². The molecule has 0 radical (unpaired) electrons. The van der Waals surface area contributed by atoms with Crippen molar-refractivity contribution in [1.82, 2.24) is 20.3 Å². The summed E-state index contributed by atoms with van der Waals surface area (Å²) in [4.78, 5) is 6.84. The highest BCUT2D eigenvalue weighted by molar-refractivity contribution is 7.89. The summed E-state index contributed by atoms with van der Waals surface area (Å²) in [6, 6.07) is 7.05. The zero-order chi connectivity index (χ0) is 20.0. The molecule has 1 aliphatic heterocycles. The Labute approximate surface area is 167 Å². The van der Waals surface area contributed by atoms with Crippen LogP contribution in [-0.4, -0.2) is 64.6 Å². The lowest BCUT2D eigenvalue weighted by molar-refractivity contribution is 0.265. The van der Waals surface area contributed by atoms with Crippen molar-refractivity contribution < 1.29 is 8.42 Å². The fraction of sp³-hybridized carbons (Fsp3) is 0.611. The minimum absolute atomic E-state index is 0.158. The van der Waals surface area contributed by atoms with E-state index in [1.165, 1.54) is 12.1 Å². The minimum atomic E-state index is -3.58. The Hall–Kier alpha value is -1.35. The molecule has 0 saturated carbocycles. The molecule has 0 aromatic heterocycles. The van der Waals surface area contributed by atoms with Crippen molar-refractivity contribution in [3.05, 3.63) is 29.3 Å². The van der Waals surface area contributed by atoms with Crippen LogP contribution in [0.1, 0.15) is 20.8 Å². The van der Waals surface area contributed by atoms with Gasteiger partial charge in [-0.05, 0) is 38.0 Å². The molecule has 2 atom stereocenters. The molecule has 27 heavy (non-hydrogen) atoms. The van der Waals surface area contributed by atoms with Crippen LogP contribution in [-0.2, 0) is 10.0 Å². The molecular weight excluding hydrogens is 386 g/mol. The van der Waals surface area contributed by atoms with Gasteiger partial charge in [-0.3, -0.25) is 9.89 Å². The van der Waals surface area contributed by atoms with Crippen molar-refractivity contribution in [2.45, 2.75) is 37.8 Å². The van der Waals surface area contributed by atoms with Gasteiger partial charge in [-0.25, -0.2) is 13.1 Å². The Morgan fingerprint density at radius 2 is 2.07 bits per heavy atom. The number of halogens is 1. The second-order valence-electron chi connectivity index (χ2n) is 7.13. The summed E-state index contributed by atoms with van der Waals surface area (Å²) in [5, 5.41) is 6.99. The predicted octanol–water partition coefficient (Wildman–Crippen LogP) is 1.51. The van der Waals surface area contributed by atoms with E-state index in [1.807, 2.05) is 0 Å². The molecule has 0 bridgehead atoms. The maximum Gasteiger partial charge on any atom is 0.240 e. The van der Waals surface area contributed by atoms with Crippen molar-refractivity contribution in [1.29, 1.82) is 0 Å². The number of nitrogens with one attached hydrogen (secondary N) is 3. The highest BCUT2D eigenvalue weighted by Gasteiger charge is 2.31. The molecule has 9 heteroatoms. The highest BCUT2D eigenvalue weighted by atomic mass is 35.5. The average molecular weight is 416 g/mol. The lowest BCUT2D eigenvalue weighted by Gasteiger charge is -2.22. The van der Waals surface area contributed by atoms with Crippen LogP contribution in [0.15, 0.2) is 34.2 Å². The molecule has 0 spiro atoms. The van der Waals surface area contributed by atoms with E-state index < -0.39 is 10.0 Å². The van der Waals surface area contributed by atoms with Crippen molar-refractivity contribution in [3.63, 3.8) is 0 Å². The first-order valence-electron chi connectivity index (χ1n) is 9.19. The first-order valence-corrected chi connectivity index (χ1v) is 11.1. The zero-order valence-corrected chi connectivity index (χ0v) is 17.9. The van der Waals surface area contributed by atoms with Gasteiger partial charge in [0.1, 0.15) is 0 Å². The Morgan fingerprint density at radius 3 is 2.67 bits per heavy atom. The van der Waals surface area contributed by atoms with E-state index in [-0.39, 0.29) is 11.4 Å². The quantitative estimate of drug-likeness (QED) is 0.357. The standard InChI is InChI=1S/C18H30ClN5O2S/c1-13(2)24-11-14(3)17(12-24)23-18(20-4)21-8-9-22-27(25,26)16-7-5-6-15(19)10-16/h5-7,10,13-14,17,22H,8-9,11-12H2,1-4H3,(H2,20,21,23). The molecular formula is C18H30ClN5O2S. The van der Waals surface area contributed by atoms with Gasteiger partial charge < -0.3 is 10.6 Å². The van der Waals surface area contributed by atoms with Crippen molar-refractivity contribution >= 4 is 27.6 Å². The summed E-state index contributed by atoms with van der Waals surface area (Å²) in [6.07, 6.45) is 0. The normalized spacial score (nSPS) is 21.6. The van der Waals surface area contributed by atoms with Crippen molar-refractivity contribution in [2.75, 3.05) is 33.2 Å². The predicted molar refractivity (Wildman–Crippen MR) is 111 cm³/mol. The third-order valence-electron chi connectivity index (χ3n) is 4.73. The van der Waals surface area contributed by atoms with Gasteiger partial charge in [-0.2, -0.15) is 0 Å². The van der Waals surface area contributed by atoms with Crippen LogP contribution in [0, 0.1) is 5.92 Å². The van der Waals surface area contributed by atoms with Gasteiger partial charge in [0.2, 0.25) is 10.0 Å². The van der Waals surface area contributed by atoms with Gasteiger partial charge in [0, 0.05) is 50.3 Å². The van der Waals surface area contributed by atoms with Crippen LogP contribution < -0.4 is 15.4 Å². The molecule has 0 amide bonds. The molecule has 1 saturated heterocycles. The monoisotopic (exact) mass is 415 g/mol. The third-order valence-corrected chi connectivity index (χ3v) is 6.43. The van der Waals surface area contributed by atoms with Crippen LogP contribution in [0.25, 0.3) is 0 Å². The van der Waals surface area contributed by atoms with Crippen LogP contribution in [0.2, 0.25) is 5.02 Å². The zero-order valence-electron chi connectivity index (χ0n) is 16.4. The third kappa shape index (κ3) is 6.34. The average Bonchev–Trinajstić information content (AvgIpc) is 2.98. The van der Waals surface area contributed by atoms with E-state index in [0.29, 0.717) is 35.5 Å². The summed E-state index contributed by atoms with van der Waals surface area (Å²) in [7, 11) is -1.86. The smallest absolute Gasteiger partial charge is 0.240 e. The maximum absolute atomic E-state index is 12.3. The summed E-state index contributed by atoms with van der Waals surface area (Å²) in [5.41, 5.74) is 0. The Balaban J connectivity index is 1.80. The molecule has 0 aliphatic carbocycles. The van der Waals surface area contributed by atoms with Gasteiger partial charge in [-0.1, -0.05) is 24.6 Å². The SMILES string of the molecule is CN=C(NCCNS(=O)(=O)c1cccc(Cl)c1)NC1CN(C(C)C)CC1C. The summed E-state index contributed by atoms with van der Waals surface area (Å²) in [5.74, 6) is 1.20. The Kier molecular flexibility index (Phi) is 7.91. The molecule has 1 heterocycles. The molecule has 3 N–H and O–H groups in total. The van der Waals surface area contributed by atoms with E-state index in [1.54, 1.807) is 19.2 Å². The highest BCUT2D eigenvalue weighted by Crippen LogP contribution is 2.18. The molecule has 2 unspecified atom stereocenters. The first kappa shape index (κ1) is 21.9. The minimum Gasteiger partial charge on any atom is -0.355 e. The molecule has 7 nitrogen and oxygen atoms in total. The molecule has 1 aromatic rings. The van der Waals surface area contributed by atoms with Crippen LogP contribution >= 0.6 is 11.6 Å². The Morgan fingerprint density at radius 1 is 1.33 bits per heavy atom. The number of likely N-dealkylation sites (tertiary alicyclic amines) is 1. The number of aliphatic imine (C=N–C) groups is 1. The topological polar surface area (TPSA) is 85.8 Å². The summed E-state index contributed by atoms with van der Waals surface area (Å²) in [6.45, 7) is 9.34.